The lowest BCUT2D eigenvalue weighted by Gasteiger charge is -2.08. The van der Waals surface area contributed by atoms with E-state index in [0.717, 1.165) is 16.7 Å². The number of rotatable bonds is 5. The van der Waals surface area contributed by atoms with Crippen LogP contribution in [0.5, 0.6) is 11.5 Å². The smallest absolute Gasteiger partial charge is 0.271 e. The zero-order chi connectivity index (χ0) is 16.8. The van der Waals surface area contributed by atoms with Crippen molar-refractivity contribution in [1.29, 1.82) is 0 Å². The third-order valence-electron chi connectivity index (χ3n) is 3.45. The summed E-state index contributed by atoms with van der Waals surface area (Å²) in [7, 11) is 3.07. The Morgan fingerprint density at radius 1 is 1.04 bits per heavy atom. The van der Waals surface area contributed by atoms with E-state index in [4.69, 9.17) is 9.47 Å². The predicted octanol–water partition coefficient (Wildman–Crippen LogP) is 3.08. The SMILES string of the molecule is COc1ccc(C(=O)N/N=C\c2cc(C)ccc2C)cc1OC. The molecule has 0 aliphatic heterocycles. The van der Waals surface area contributed by atoms with Crippen molar-refractivity contribution in [3.8, 4) is 11.5 Å². The Kier molecular flexibility index (Phi) is 5.36. The molecule has 5 nitrogen and oxygen atoms in total. The minimum absolute atomic E-state index is 0.312. The number of amides is 1. The molecule has 23 heavy (non-hydrogen) atoms. The monoisotopic (exact) mass is 312 g/mol. The van der Waals surface area contributed by atoms with E-state index in [9.17, 15) is 4.79 Å². The van der Waals surface area contributed by atoms with Crippen molar-refractivity contribution in [2.24, 2.45) is 5.10 Å². The molecule has 0 radical (unpaired) electrons. The summed E-state index contributed by atoms with van der Waals surface area (Å²) in [5.41, 5.74) is 6.17. The Balaban J connectivity index is 2.10. The van der Waals surface area contributed by atoms with Crippen molar-refractivity contribution >= 4 is 12.1 Å². The second-order valence-corrected chi connectivity index (χ2v) is 5.13. The number of methoxy groups -OCH3 is 2. The Bertz CT molecular complexity index is 739. The number of carbonyl (C=O) groups excluding carboxylic acids is 1. The minimum Gasteiger partial charge on any atom is -0.493 e. The van der Waals surface area contributed by atoms with Crippen molar-refractivity contribution in [2.75, 3.05) is 14.2 Å². The van der Waals surface area contributed by atoms with Crippen molar-refractivity contribution in [2.45, 2.75) is 13.8 Å². The van der Waals surface area contributed by atoms with E-state index in [2.05, 4.69) is 10.5 Å². The number of ether oxygens (including phenoxy) is 2. The first kappa shape index (κ1) is 16.5. The van der Waals surface area contributed by atoms with Crippen LogP contribution >= 0.6 is 0 Å². The van der Waals surface area contributed by atoms with Gasteiger partial charge in [-0.2, -0.15) is 5.10 Å². The van der Waals surface area contributed by atoms with Crippen molar-refractivity contribution < 1.29 is 14.3 Å². The maximum Gasteiger partial charge on any atom is 0.271 e. The summed E-state index contributed by atoms with van der Waals surface area (Å²) in [5.74, 6) is 0.758. The highest BCUT2D eigenvalue weighted by Gasteiger charge is 2.09. The summed E-state index contributed by atoms with van der Waals surface area (Å²) in [6.07, 6.45) is 1.64. The molecule has 0 bridgehead atoms. The average Bonchev–Trinajstić information content (AvgIpc) is 2.57. The Morgan fingerprint density at radius 2 is 1.78 bits per heavy atom. The topological polar surface area (TPSA) is 59.9 Å². The molecule has 0 fully saturated rings. The predicted molar refractivity (Wildman–Crippen MR) is 90.5 cm³/mol. The van der Waals surface area contributed by atoms with Crippen LogP contribution in [0, 0.1) is 13.8 Å². The number of nitrogens with zero attached hydrogens (tertiary/aromatic N) is 1. The van der Waals surface area contributed by atoms with Gasteiger partial charge in [0.1, 0.15) is 0 Å². The molecule has 0 aliphatic carbocycles. The molecule has 0 atom stereocenters. The Labute approximate surface area is 135 Å². The number of aryl methyl sites for hydroxylation is 2. The van der Waals surface area contributed by atoms with Crippen molar-refractivity contribution in [1.82, 2.24) is 5.43 Å². The highest BCUT2D eigenvalue weighted by molar-refractivity contribution is 5.95. The lowest BCUT2D eigenvalue weighted by atomic mass is 10.1. The fraction of sp³-hybridized carbons (Fsp3) is 0.222. The molecule has 0 spiro atoms. The van der Waals surface area contributed by atoms with Crippen LogP contribution < -0.4 is 14.9 Å². The Morgan fingerprint density at radius 3 is 2.48 bits per heavy atom. The number of hydrogen-bond donors (Lipinski definition) is 1. The standard InChI is InChI=1S/C18H20N2O3/c1-12-5-6-13(2)15(9-12)11-19-20-18(21)14-7-8-16(22-3)17(10-14)23-4/h5-11H,1-4H3,(H,20,21)/b19-11-. The largest absolute Gasteiger partial charge is 0.493 e. The lowest BCUT2D eigenvalue weighted by molar-refractivity contribution is 0.0954. The fourth-order valence-corrected chi connectivity index (χ4v) is 2.10. The molecule has 0 aromatic heterocycles. The molecule has 1 N–H and O–H groups in total. The van der Waals surface area contributed by atoms with Crippen LogP contribution in [0.1, 0.15) is 27.0 Å². The van der Waals surface area contributed by atoms with E-state index in [1.807, 2.05) is 32.0 Å². The van der Waals surface area contributed by atoms with E-state index in [1.54, 1.807) is 31.5 Å². The molecule has 0 saturated carbocycles. The first-order valence-corrected chi connectivity index (χ1v) is 7.18. The van der Waals surface area contributed by atoms with E-state index in [-0.39, 0.29) is 5.91 Å². The van der Waals surface area contributed by atoms with Crippen LogP contribution in [0.3, 0.4) is 0 Å². The van der Waals surface area contributed by atoms with Crippen LogP contribution in [0.15, 0.2) is 41.5 Å². The van der Waals surface area contributed by atoms with Crippen LogP contribution in [0.25, 0.3) is 0 Å². The summed E-state index contributed by atoms with van der Waals surface area (Å²) < 4.78 is 10.3. The van der Waals surface area contributed by atoms with E-state index in [0.29, 0.717) is 17.1 Å². The maximum absolute atomic E-state index is 12.1. The van der Waals surface area contributed by atoms with Crippen LogP contribution in [0.4, 0.5) is 0 Å². The van der Waals surface area contributed by atoms with E-state index >= 15 is 0 Å². The lowest BCUT2D eigenvalue weighted by Crippen LogP contribution is -2.17. The van der Waals surface area contributed by atoms with Crippen molar-refractivity contribution in [3.05, 3.63) is 58.7 Å². The molecule has 2 aromatic carbocycles. The third-order valence-corrected chi connectivity index (χ3v) is 3.45. The van der Waals surface area contributed by atoms with E-state index in [1.165, 1.54) is 7.11 Å². The highest BCUT2D eigenvalue weighted by Crippen LogP contribution is 2.27. The number of nitrogens with one attached hydrogen (secondary N) is 1. The molecule has 0 saturated heterocycles. The van der Waals surface area contributed by atoms with Crippen LogP contribution in [0.2, 0.25) is 0 Å². The molecule has 0 heterocycles. The molecule has 2 rings (SSSR count). The summed E-state index contributed by atoms with van der Waals surface area (Å²) in [5, 5.41) is 4.02. The first-order valence-electron chi connectivity index (χ1n) is 7.18. The molecular formula is C18H20N2O3. The first-order chi connectivity index (χ1) is 11.0. The van der Waals surface area contributed by atoms with Gasteiger partial charge in [-0.05, 0) is 43.2 Å². The summed E-state index contributed by atoms with van der Waals surface area (Å²) in [6, 6.07) is 11.0. The molecule has 2 aromatic rings. The second kappa shape index (κ2) is 7.45. The highest BCUT2D eigenvalue weighted by atomic mass is 16.5. The normalized spacial score (nSPS) is 10.6. The average molecular weight is 312 g/mol. The minimum atomic E-state index is -0.312. The van der Waals surface area contributed by atoms with Gasteiger partial charge in [-0.15, -0.1) is 0 Å². The second-order valence-electron chi connectivity index (χ2n) is 5.13. The van der Waals surface area contributed by atoms with Gasteiger partial charge < -0.3 is 9.47 Å². The van der Waals surface area contributed by atoms with Gasteiger partial charge in [0.2, 0.25) is 0 Å². The van der Waals surface area contributed by atoms with Crippen molar-refractivity contribution in [3.63, 3.8) is 0 Å². The van der Waals surface area contributed by atoms with Gasteiger partial charge in [0.25, 0.3) is 5.91 Å². The molecule has 1 amide bonds. The Hall–Kier alpha value is -2.82. The molecular weight excluding hydrogens is 292 g/mol. The quantitative estimate of drug-likeness (QED) is 0.682. The van der Waals surface area contributed by atoms with Gasteiger partial charge in [0.15, 0.2) is 11.5 Å². The van der Waals surface area contributed by atoms with Gasteiger partial charge in [-0.25, -0.2) is 5.43 Å². The molecule has 0 unspecified atom stereocenters. The van der Waals surface area contributed by atoms with Gasteiger partial charge in [-0.1, -0.05) is 23.8 Å². The number of hydrogen-bond acceptors (Lipinski definition) is 4. The molecule has 120 valence electrons. The number of hydrazone groups is 1. The van der Waals surface area contributed by atoms with Gasteiger partial charge in [0.05, 0.1) is 20.4 Å². The third kappa shape index (κ3) is 4.10. The van der Waals surface area contributed by atoms with Gasteiger partial charge in [0, 0.05) is 5.56 Å². The molecule has 5 heteroatoms. The van der Waals surface area contributed by atoms with Gasteiger partial charge >= 0.3 is 0 Å². The number of carbonyl (C=O) groups is 1. The van der Waals surface area contributed by atoms with Gasteiger partial charge in [-0.3, -0.25) is 4.79 Å². The summed E-state index contributed by atoms with van der Waals surface area (Å²) in [4.78, 5) is 12.1. The molecule has 0 aliphatic rings. The van der Waals surface area contributed by atoms with Crippen LogP contribution in [-0.2, 0) is 0 Å². The van der Waals surface area contributed by atoms with E-state index < -0.39 is 0 Å². The zero-order valence-electron chi connectivity index (χ0n) is 13.7. The summed E-state index contributed by atoms with van der Waals surface area (Å²) in [6.45, 7) is 4.01. The van der Waals surface area contributed by atoms with Crippen LogP contribution in [-0.4, -0.2) is 26.3 Å². The zero-order valence-corrected chi connectivity index (χ0v) is 13.7. The fourth-order valence-electron chi connectivity index (χ4n) is 2.10. The maximum atomic E-state index is 12.1. The summed E-state index contributed by atoms with van der Waals surface area (Å²) >= 11 is 0. The number of benzene rings is 2.